The second-order valence-electron chi connectivity index (χ2n) is 8.56. The van der Waals surface area contributed by atoms with E-state index in [0.29, 0.717) is 42.4 Å². The fourth-order valence-electron chi connectivity index (χ4n) is 4.52. The van der Waals surface area contributed by atoms with Crippen LogP contribution in [0.15, 0.2) is 18.2 Å². The van der Waals surface area contributed by atoms with Gasteiger partial charge in [-0.2, -0.15) is 0 Å². The van der Waals surface area contributed by atoms with E-state index >= 15 is 0 Å². The summed E-state index contributed by atoms with van der Waals surface area (Å²) in [6.45, 7) is 2.89. The molecule has 4 amide bonds. The summed E-state index contributed by atoms with van der Waals surface area (Å²) in [5.41, 5.74) is 1.80. The number of nitrogens with zero attached hydrogens (tertiary/aromatic N) is 1. The van der Waals surface area contributed by atoms with Crippen LogP contribution in [-0.2, 0) is 25.7 Å². The van der Waals surface area contributed by atoms with Gasteiger partial charge in [-0.15, -0.1) is 0 Å². The van der Waals surface area contributed by atoms with Crippen molar-refractivity contribution < 1.29 is 23.9 Å². The number of rotatable bonds is 8. The number of imide groups is 1. The molecular formula is C23H30N4O5. The SMILES string of the molecule is O=C1CCC(N2Cc3c(NC(=O)CCCCOC4CCNCC4)cccc3C2=O)C(=O)N1. The highest BCUT2D eigenvalue weighted by Gasteiger charge is 2.39. The average Bonchev–Trinajstić information content (AvgIpc) is 3.12. The molecule has 0 bridgehead atoms. The summed E-state index contributed by atoms with van der Waals surface area (Å²) >= 11 is 0. The van der Waals surface area contributed by atoms with Gasteiger partial charge in [-0.1, -0.05) is 6.07 Å². The van der Waals surface area contributed by atoms with Crippen LogP contribution >= 0.6 is 0 Å². The lowest BCUT2D eigenvalue weighted by atomic mass is 10.0. The van der Waals surface area contributed by atoms with E-state index < -0.39 is 11.9 Å². The molecular weight excluding hydrogens is 412 g/mol. The third kappa shape index (κ3) is 5.16. The van der Waals surface area contributed by atoms with Gasteiger partial charge in [0, 0.05) is 42.8 Å². The molecule has 0 spiro atoms. The molecule has 4 rings (SSSR count). The van der Waals surface area contributed by atoms with Crippen LogP contribution in [0.4, 0.5) is 5.69 Å². The van der Waals surface area contributed by atoms with Gasteiger partial charge < -0.3 is 20.3 Å². The van der Waals surface area contributed by atoms with E-state index in [1.54, 1.807) is 18.2 Å². The molecule has 1 atom stereocenters. The van der Waals surface area contributed by atoms with Crippen LogP contribution < -0.4 is 16.0 Å². The Balaban J connectivity index is 1.28. The van der Waals surface area contributed by atoms with Gasteiger partial charge in [0.2, 0.25) is 17.7 Å². The molecule has 9 nitrogen and oxygen atoms in total. The number of anilines is 1. The number of hydrogen-bond donors (Lipinski definition) is 3. The molecule has 2 saturated heterocycles. The Labute approximate surface area is 187 Å². The zero-order valence-electron chi connectivity index (χ0n) is 18.2. The van der Waals surface area contributed by atoms with Crippen molar-refractivity contribution in [1.82, 2.24) is 15.5 Å². The monoisotopic (exact) mass is 442 g/mol. The maximum absolute atomic E-state index is 12.9. The number of ether oxygens (including phenoxy) is 1. The van der Waals surface area contributed by atoms with Crippen molar-refractivity contribution in [2.45, 2.75) is 63.6 Å². The summed E-state index contributed by atoms with van der Waals surface area (Å²) in [5.74, 6) is -1.11. The third-order valence-corrected chi connectivity index (χ3v) is 6.29. The summed E-state index contributed by atoms with van der Waals surface area (Å²) in [7, 11) is 0. The van der Waals surface area contributed by atoms with E-state index in [-0.39, 0.29) is 30.7 Å². The summed E-state index contributed by atoms with van der Waals surface area (Å²) in [4.78, 5) is 50.5. The average molecular weight is 443 g/mol. The number of amides is 4. The van der Waals surface area contributed by atoms with Crippen molar-refractivity contribution in [3.05, 3.63) is 29.3 Å². The molecule has 0 saturated carbocycles. The molecule has 3 N–H and O–H groups in total. The summed E-state index contributed by atoms with van der Waals surface area (Å²) in [6, 6.07) is 4.54. The first-order valence-electron chi connectivity index (χ1n) is 11.4. The van der Waals surface area contributed by atoms with Crippen LogP contribution in [-0.4, -0.2) is 60.4 Å². The molecule has 3 aliphatic rings. The van der Waals surface area contributed by atoms with Gasteiger partial charge in [0.15, 0.2) is 0 Å². The Hall–Kier alpha value is -2.78. The van der Waals surface area contributed by atoms with Crippen LogP contribution in [0.25, 0.3) is 0 Å². The van der Waals surface area contributed by atoms with E-state index in [2.05, 4.69) is 16.0 Å². The third-order valence-electron chi connectivity index (χ3n) is 6.29. The Bertz CT molecular complexity index is 896. The Morgan fingerprint density at radius 1 is 1.12 bits per heavy atom. The van der Waals surface area contributed by atoms with Crippen LogP contribution in [0.2, 0.25) is 0 Å². The molecule has 9 heteroatoms. The van der Waals surface area contributed by atoms with Crippen LogP contribution in [0, 0.1) is 0 Å². The van der Waals surface area contributed by atoms with Gasteiger partial charge in [-0.05, 0) is 57.3 Å². The molecule has 0 aliphatic carbocycles. The second kappa shape index (κ2) is 10.2. The van der Waals surface area contributed by atoms with E-state index in [1.165, 1.54) is 4.90 Å². The predicted molar refractivity (Wildman–Crippen MR) is 117 cm³/mol. The first-order chi connectivity index (χ1) is 15.5. The zero-order valence-corrected chi connectivity index (χ0v) is 18.2. The van der Waals surface area contributed by atoms with Crippen molar-refractivity contribution in [2.24, 2.45) is 0 Å². The molecule has 3 aliphatic heterocycles. The van der Waals surface area contributed by atoms with Crippen LogP contribution in [0.1, 0.15) is 60.9 Å². The minimum atomic E-state index is -0.670. The van der Waals surface area contributed by atoms with Gasteiger partial charge in [0.25, 0.3) is 5.91 Å². The van der Waals surface area contributed by atoms with Crippen molar-refractivity contribution in [1.29, 1.82) is 0 Å². The van der Waals surface area contributed by atoms with Gasteiger partial charge in [-0.3, -0.25) is 24.5 Å². The van der Waals surface area contributed by atoms with Gasteiger partial charge in [0.05, 0.1) is 6.10 Å². The van der Waals surface area contributed by atoms with E-state index in [4.69, 9.17) is 4.74 Å². The van der Waals surface area contributed by atoms with Crippen LogP contribution in [0.3, 0.4) is 0 Å². The molecule has 0 radical (unpaired) electrons. The first kappa shape index (κ1) is 22.4. The largest absolute Gasteiger partial charge is 0.378 e. The van der Waals surface area contributed by atoms with Crippen molar-refractivity contribution in [3.8, 4) is 0 Å². The number of carbonyl (C=O) groups is 4. The molecule has 2 fully saturated rings. The highest BCUT2D eigenvalue weighted by atomic mass is 16.5. The molecule has 0 aromatic heterocycles. The Morgan fingerprint density at radius 3 is 2.72 bits per heavy atom. The van der Waals surface area contributed by atoms with Gasteiger partial charge in [0.1, 0.15) is 6.04 Å². The molecule has 172 valence electrons. The number of hydrogen-bond acceptors (Lipinski definition) is 6. The number of carbonyl (C=O) groups excluding carboxylic acids is 4. The Morgan fingerprint density at radius 2 is 1.94 bits per heavy atom. The second-order valence-corrected chi connectivity index (χ2v) is 8.56. The zero-order chi connectivity index (χ0) is 22.5. The summed E-state index contributed by atoms with van der Waals surface area (Å²) in [6.07, 6.45) is 4.85. The van der Waals surface area contributed by atoms with Crippen molar-refractivity contribution in [3.63, 3.8) is 0 Å². The number of fused-ring (bicyclic) bond motifs is 1. The summed E-state index contributed by atoms with van der Waals surface area (Å²) in [5, 5.41) is 8.53. The molecule has 1 unspecified atom stereocenters. The predicted octanol–water partition coefficient (Wildman–Crippen LogP) is 1.33. The highest BCUT2D eigenvalue weighted by Crippen LogP contribution is 2.32. The quantitative estimate of drug-likeness (QED) is 0.413. The first-order valence-corrected chi connectivity index (χ1v) is 11.4. The fraction of sp³-hybridized carbons (Fsp3) is 0.565. The maximum atomic E-state index is 12.9. The molecule has 1 aromatic carbocycles. The molecule has 3 heterocycles. The van der Waals surface area contributed by atoms with Crippen molar-refractivity contribution in [2.75, 3.05) is 25.0 Å². The highest BCUT2D eigenvalue weighted by molar-refractivity contribution is 6.06. The topological polar surface area (TPSA) is 117 Å². The maximum Gasteiger partial charge on any atom is 0.255 e. The normalized spacial score (nSPS) is 21.4. The lowest BCUT2D eigenvalue weighted by molar-refractivity contribution is -0.137. The number of nitrogens with one attached hydrogen (secondary N) is 3. The lowest BCUT2D eigenvalue weighted by Gasteiger charge is -2.29. The number of unbranched alkanes of at least 4 members (excludes halogenated alkanes) is 1. The molecule has 32 heavy (non-hydrogen) atoms. The van der Waals surface area contributed by atoms with E-state index in [1.807, 2.05) is 0 Å². The smallest absolute Gasteiger partial charge is 0.255 e. The van der Waals surface area contributed by atoms with Gasteiger partial charge >= 0.3 is 0 Å². The minimum Gasteiger partial charge on any atom is -0.378 e. The van der Waals surface area contributed by atoms with E-state index in [9.17, 15) is 19.2 Å². The number of benzene rings is 1. The van der Waals surface area contributed by atoms with Crippen LogP contribution in [0.5, 0.6) is 0 Å². The standard InChI is InChI=1S/C23H30N4O5/c28-20(6-1-2-13-32-15-9-11-24-12-10-15)25-18-5-3-4-16-17(18)14-27(23(16)31)19-7-8-21(29)26-22(19)30/h3-5,15,19,24H,1-2,6-14H2,(H,25,28)(H,26,29,30). The Kier molecular flexibility index (Phi) is 7.16. The number of piperidine rings is 2. The minimum absolute atomic E-state index is 0.104. The van der Waals surface area contributed by atoms with Gasteiger partial charge in [-0.25, -0.2) is 0 Å². The summed E-state index contributed by atoms with van der Waals surface area (Å²) < 4.78 is 5.87. The van der Waals surface area contributed by atoms with Crippen molar-refractivity contribution >= 4 is 29.3 Å². The van der Waals surface area contributed by atoms with E-state index in [0.717, 1.165) is 38.8 Å². The lowest BCUT2D eigenvalue weighted by Crippen LogP contribution is -2.52. The molecule has 1 aromatic rings. The fourth-order valence-corrected chi connectivity index (χ4v) is 4.52.